The van der Waals surface area contributed by atoms with Gasteiger partial charge < -0.3 is 9.32 Å². The van der Waals surface area contributed by atoms with Crippen LogP contribution in [0.15, 0.2) is 57.9 Å². The quantitative estimate of drug-likeness (QED) is 0.486. The van der Waals surface area contributed by atoms with Gasteiger partial charge in [0.25, 0.3) is 0 Å². The first-order chi connectivity index (χ1) is 13.5. The minimum absolute atomic E-state index is 0.00362. The topological polar surface area (TPSA) is 68.3 Å². The summed E-state index contributed by atoms with van der Waals surface area (Å²) in [6, 6.07) is 12.7. The number of nitrogens with zero attached hydrogens (tertiary/aromatic N) is 3. The molecule has 2 aromatic heterocycles. The molecule has 2 heterocycles. The number of halogens is 1. The Balaban J connectivity index is 1.79. The summed E-state index contributed by atoms with van der Waals surface area (Å²) in [6.07, 6.45) is 1.45. The minimum atomic E-state index is -0.466. The molecule has 4 aromatic rings. The fraction of sp³-hybridized carbons (Fsp3) is 0.190. The smallest absolute Gasteiger partial charge is 0.347 e. The highest BCUT2D eigenvalue weighted by molar-refractivity contribution is 6.30. The van der Waals surface area contributed by atoms with E-state index in [2.05, 4.69) is 5.10 Å². The standard InChI is InChI=1S/C21H18ClN3O3/c1-3-24(15-6-4-5-14(22)10-15)19(26)12-25-20-16-9-13(2)7-8-18(16)28-21(27)17(20)11-23-25/h4-11H,3,12H2,1-2H3. The summed E-state index contributed by atoms with van der Waals surface area (Å²) < 4.78 is 6.94. The maximum Gasteiger partial charge on any atom is 0.347 e. The van der Waals surface area contributed by atoms with Crippen molar-refractivity contribution in [1.82, 2.24) is 9.78 Å². The Labute approximate surface area is 165 Å². The summed E-state index contributed by atoms with van der Waals surface area (Å²) in [4.78, 5) is 26.9. The Kier molecular flexibility index (Phi) is 4.65. The molecule has 4 rings (SSSR count). The number of amides is 1. The van der Waals surface area contributed by atoms with Crippen LogP contribution in [0.1, 0.15) is 12.5 Å². The molecule has 0 saturated heterocycles. The molecule has 0 bridgehead atoms. The molecule has 0 fully saturated rings. The monoisotopic (exact) mass is 395 g/mol. The summed E-state index contributed by atoms with van der Waals surface area (Å²) >= 11 is 6.07. The largest absolute Gasteiger partial charge is 0.422 e. The molecule has 1 amide bonds. The van der Waals surface area contributed by atoms with Crippen molar-refractivity contribution in [1.29, 1.82) is 0 Å². The number of hydrogen-bond acceptors (Lipinski definition) is 4. The summed E-state index contributed by atoms with van der Waals surface area (Å²) in [5, 5.41) is 5.96. The van der Waals surface area contributed by atoms with Crippen LogP contribution in [0.5, 0.6) is 0 Å². The number of carbonyl (C=O) groups excluding carboxylic acids is 1. The van der Waals surface area contributed by atoms with E-state index in [4.69, 9.17) is 16.0 Å². The maximum absolute atomic E-state index is 13.0. The molecule has 28 heavy (non-hydrogen) atoms. The van der Waals surface area contributed by atoms with Gasteiger partial charge in [-0.3, -0.25) is 9.48 Å². The molecule has 0 unspecified atom stereocenters. The third-order valence-electron chi connectivity index (χ3n) is 4.67. The van der Waals surface area contributed by atoms with Gasteiger partial charge in [-0.05, 0) is 44.2 Å². The molecule has 0 saturated carbocycles. The van der Waals surface area contributed by atoms with Gasteiger partial charge in [0.2, 0.25) is 5.91 Å². The first kappa shape index (κ1) is 18.3. The zero-order valence-corrected chi connectivity index (χ0v) is 16.2. The van der Waals surface area contributed by atoms with Crippen LogP contribution in [-0.4, -0.2) is 22.2 Å². The highest BCUT2D eigenvalue weighted by atomic mass is 35.5. The average molecular weight is 396 g/mol. The SMILES string of the molecule is CCN(C(=O)Cn1ncc2c(=O)oc3ccc(C)cc3c21)c1cccc(Cl)c1. The molecule has 0 radical (unpaired) electrons. The predicted octanol–water partition coefficient (Wildman–Crippen LogP) is 4.16. The lowest BCUT2D eigenvalue weighted by atomic mass is 10.1. The van der Waals surface area contributed by atoms with Gasteiger partial charge in [-0.2, -0.15) is 5.10 Å². The number of aromatic nitrogens is 2. The lowest BCUT2D eigenvalue weighted by Crippen LogP contribution is -2.34. The van der Waals surface area contributed by atoms with E-state index in [0.717, 1.165) is 16.6 Å². The van der Waals surface area contributed by atoms with Crippen LogP contribution >= 0.6 is 11.6 Å². The Morgan fingerprint density at radius 2 is 2.04 bits per heavy atom. The van der Waals surface area contributed by atoms with E-state index < -0.39 is 5.63 Å². The van der Waals surface area contributed by atoms with E-state index in [9.17, 15) is 9.59 Å². The van der Waals surface area contributed by atoms with Crippen LogP contribution in [0.2, 0.25) is 5.02 Å². The number of aryl methyl sites for hydroxylation is 1. The second-order valence-electron chi connectivity index (χ2n) is 6.57. The molecule has 2 aromatic carbocycles. The van der Waals surface area contributed by atoms with Crippen molar-refractivity contribution in [2.75, 3.05) is 11.4 Å². The normalized spacial score (nSPS) is 11.2. The number of carbonyl (C=O) groups is 1. The number of likely N-dealkylation sites (N-methyl/N-ethyl adjacent to an activating group) is 1. The lowest BCUT2D eigenvalue weighted by Gasteiger charge is -2.21. The minimum Gasteiger partial charge on any atom is -0.422 e. The number of hydrogen-bond donors (Lipinski definition) is 0. The van der Waals surface area contributed by atoms with E-state index in [1.807, 2.05) is 32.0 Å². The zero-order chi connectivity index (χ0) is 19.8. The van der Waals surface area contributed by atoms with Crippen molar-refractivity contribution in [3.8, 4) is 0 Å². The van der Waals surface area contributed by atoms with Gasteiger partial charge in [0, 0.05) is 22.6 Å². The molecule has 0 spiro atoms. The number of benzene rings is 2. The molecule has 6 nitrogen and oxygen atoms in total. The van der Waals surface area contributed by atoms with Crippen molar-refractivity contribution in [3.05, 3.63) is 69.7 Å². The Bertz CT molecular complexity index is 1260. The van der Waals surface area contributed by atoms with Crippen LogP contribution in [0.3, 0.4) is 0 Å². The first-order valence-electron chi connectivity index (χ1n) is 8.93. The number of anilines is 1. The molecule has 0 N–H and O–H groups in total. The molecule has 0 atom stereocenters. The van der Waals surface area contributed by atoms with E-state index in [1.54, 1.807) is 33.8 Å². The highest BCUT2D eigenvalue weighted by Gasteiger charge is 2.19. The molecule has 0 aliphatic carbocycles. The van der Waals surface area contributed by atoms with Crippen LogP contribution in [0, 0.1) is 6.92 Å². The van der Waals surface area contributed by atoms with Crippen molar-refractivity contribution in [3.63, 3.8) is 0 Å². The van der Waals surface area contributed by atoms with Gasteiger partial charge in [-0.15, -0.1) is 0 Å². The second-order valence-corrected chi connectivity index (χ2v) is 7.01. The summed E-state index contributed by atoms with van der Waals surface area (Å²) in [7, 11) is 0. The van der Waals surface area contributed by atoms with Crippen LogP contribution in [-0.2, 0) is 11.3 Å². The van der Waals surface area contributed by atoms with Crippen molar-refractivity contribution < 1.29 is 9.21 Å². The Morgan fingerprint density at radius 1 is 1.21 bits per heavy atom. The zero-order valence-electron chi connectivity index (χ0n) is 15.5. The van der Waals surface area contributed by atoms with Gasteiger partial charge in [0.15, 0.2) is 0 Å². The van der Waals surface area contributed by atoms with Gasteiger partial charge in [0.05, 0.1) is 11.7 Å². The average Bonchev–Trinajstić information content (AvgIpc) is 3.08. The third-order valence-corrected chi connectivity index (χ3v) is 4.91. The number of fused-ring (bicyclic) bond motifs is 3. The third kappa shape index (κ3) is 3.16. The van der Waals surface area contributed by atoms with Gasteiger partial charge in [-0.25, -0.2) is 4.79 Å². The molecular formula is C21H18ClN3O3. The van der Waals surface area contributed by atoms with Gasteiger partial charge in [-0.1, -0.05) is 29.3 Å². The highest BCUT2D eigenvalue weighted by Crippen LogP contribution is 2.25. The van der Waals surface area contributed by atoms with Crippen molar-refractivity contribution in [2.45, 2.75) is 20.4 Å². The fourth-order valence-electron chi connectivity index (χ4n) is 3.37. The van der Waals surface area contributed by atoms with Gasteiger partial charge in [0.1, 0.15) is 17.5 Å². The molecule has 0 aliphatic heterocycles. The summed E-state index contributed by atoms with van der Waals surface area (Å²) in [5.74, 6) is -0.149. The molecule has 0 aliphatic rings. The van der Waals surface area contributed by atoms with Crippen molar-refractivity contribution in [2.24, 2.45) is 0 Å². The van der Waals surface area contributed by atoms with Crippen LogP contribution in [0.4, 0.5) is 5.69 Å². The Hall–Kier alpha value is -3.12. The van der Waals surface area contributed by atoms with Crippen molar-refractivity contribution >= 4 is 45.1 Å². The van der Waals surface area contributed by atoms with Crippen LogP contribution < -0.4 is 10.5 Å². The summed E-state index contributed by atoms with van der Waals surface area (Å²) in [6.45, 7) is 4.34. The molecule has 7 heteroatoms. The second kappa shape index (κ2) is 7.13. The molecule has 142 valence electrons. The van der Waals surface area contributed by atoms with E-state index >= 15 is 0 Å². The predicted molar refractivity (Wildman–Crippen MR) is 110 cm³/mol. The van der Waals surface area contributed by atoms with E-state index in [0.29, 0.717) is 28.1 Å². The van der Waals surface area contributed by atoms with Gasteiger partial charge >= 0.3 is 5.63 Å². The Morgan fingerprint density at radius 3 is 2.79 bits per heavy atom. The molecular weight excluding hydrogens is 378 g/mol. The summed E-state index contributed by atoms with van der Waals surface area (Å²) in [5.41, 5.74) is 2.35. The first-order valence-corrected chi connectivity index (χ1v) is 9.30. The van der Waals surface area contributed by atoms with Crippen LogP contribution in [0.25, 0.3) is 21.9 Å². The fourth-order valence-corrected chi connectivity index (χ4v) is 3.56. The maximum atomic E-state index is 13.0. The lowest BCUT2D eigenvalue weighted by molar-refractivity contribution is -0.119. The van der Waals surface area contributed by atoms with E-state index in [1.165, 1.54) is 6.20 Å². The van der Waals surface area contributed by atoms with E-state index in [-0.39, 0.29) is 12.5 Å². The number of rotatable bonds is 4.